The number of hydrogen-bond donors (Lipinski definition) is 3. The molecule has 7 rings (SSSR count). The van der Waals surface area contributed by atoms with Crippen LogP contribution in [0.2, 0.25) is 0 Å². The molecule has 4 bridgehead atoms. The third kappa shape index (κ3) is 6.45. The van der Waals surface area contributed by atoms with Crippen molar-refractivity contribution in [3.63, 3.8) is 0 Å². The van der Waals surface area contributed by atoms with Crippen molar-refractivity contribution in [1.29, 1.82) is 5.26 Å². The van der Waals surface area contributed by atoms with Gasteiger partial charge in [0, 0.05) is 30.7 Å². The van der Waals surface area contributed by atoms with Gasteiger partial charge >= 0.3 is 6.36 Å². The van der Waals surface area contributed by atoms with Gasteiger partial charge in [-0.1, -0.05) is 25.1 Å². The summed E-state index contributed by atoms with van der Waals surface area (Å²) in [5.74, 6) is 2.58. The van der Waals surface area contributed by atoms with Crippen LogP contribution in [0.5, 0.6) is 5.75 Å². The zero-order chi connectivity index (χ0) is 29.3. The predicted molar refractivity (Wildman–Crippen MR) is 154 cm³/mol. The topological polar surface area (TPSA) is 98.1 Å². The summed E-state index contributed by atoms with van der Waals surface area (Å²) in [5.41, 5.74) is 0.869. The largest absolute Gasteiger partial charge is 0.573 e. The van der Waals surface area contributed by atoms with Gasteiger partial charge in [0.1, 0.15) is 23.2 Å². The summed E-state index contributed by atoms with van der Waals surface area (Å²) in [4.78, 5) is 11.3. The highest BCUT2D eigenvalue weighted by Crippen LogP contribution is 2.60. The lowest BCUT2D eigenvalue weighted by Crippen LogP contribution is -2.61. The number of piperidine rings is 1. The van der Waals surface area contributed by atoms with Crippen LogP contribution in [0.4, 0.5) is 24.9 Å². The van der Waals surface area contributed by atoms with Crippen LogP contribution >= 0.6 is 0 Å². The normalized spacial score (nSPS) is 29.3. The van der Waals surface area contributed by atoms with E-state index in [0.717, 1.165) is 19.0 Å². The third-order valence-electron chi connectivity index (χ3n) is 10.0. The minimum Gasteiger partial charge on any atom is -0.405 e. The summed E-state index contributed by atoms with van der Waals surface area (Å²) in [6, 6.07) is 9.38. The number of hydrogen-bond acceptors (Lipinski definition) is 8. The van der Waals surface area contributed by atoms with Crippen LogP contribution in [0.15, 0.2) is 30.5 Å². The summed E-state index contributed by atoms with van der Waals surface area (Å²) in [6.45, 7) is 6.56. The standard InChI is InChI=1S/C31H40F3N7O/c1-2-41-9-7-25(8-10-41)39-27-22-11-20-12-23(27)15-30(13-20,14-22)19-38-28-24(16-35)18-37-29(40-28)36-17-21-5-3-4-6-26(21)42-31(32,33)34/h3-6,18,20,22-23,25,27,39H,2,7-15,17,19H2,1H3,(H2,36,37,38,40)/t20?,22-,23+,27?,30?. The number of anilines is 2. The van der Waals surface area contributed by atoms with E-state index >= 15 is 0 Å². The average Bonchev–Trinajstić information content (AvgIpc) is 2.97. The Labute approximate surface area is 245 Å². The van der Waals surface area contributed by atoms with Crippen molar-refractivity contribution < 1.29 is 17.9 Å². The molecule has 3 unspecified atom stereocenters. The highest BCUT2D eigenvalue weighted by atomic mass is 19.4. The van der Waals surface area contributed by atoms with Gasteiger partial charge in [-0.05, 0) is 93.8 Å². The lowest BCUT2D eigenvalue weighted by Gasteiger charge is -2.61. The summed E-state index contributed by atoms with van der Waals surface area (Å²) < 4.78 is 42.6. The molecule has 0 radical (unpaired) electrons. The molecule has 1 aromatic heterocycles. The van der Waals surface area contributed by atoms with Crippen molar-refractivity contribution in [1.82, 2.24) is 20.2 Å². The van der Waals surface area contributed by atoms with Gasteiger partial charge in [-0.25, -0.2) is 4.98 Å². The molecule has 5 fully saturated rings. The number of halogens is 3. The number of aromatic nitrogens is 2. The summed E-state index contributed by atoms with van der Waals surface area (Å²) >= 11 is 0. The SMILES string of the molecule is CCN1CCC(NC2[C@@H]3CC4C[C@H]2CC(CNc2nc(NCc5ccccc5OC(F)(F)F)ncc2C#N)(C4)C3)CC1. The monoisotopic (exact) mass is 583 g/mol. The number of rotatable bonds is 10. The zero-order valence-electron chi connectivity index (χ0n) is 24.1. The second-order valence-electron chi connectivity index (χ2n) is 12.8. The van der Waals surface area contributed by atoms with Gasteiger partial charge in [0.15, 0.2) is 0 Å². The predicted octanol–water partition coefficient (Wildman–Crippen LogP) is 5.54. The Morgan fingerprint density at radius 2 is 1.83 bits per heavy atom. The molecule has 8 nitrogen and oxygen atoms in total. The summed E-state index contributed by atoms with van der Waals surface area (Å²) in [7, 11) is 0. The number of benzene rings is 1. The molecular formula is C31H40F3N7O. The highest BCUT2D eigenvalue weighted by Gasteiger charge is 2.55. The molecular weight excluding hydrogens is 543 g/mol. The molecule has 3 N–H and O–H groups in total. The van der Waals surface area contributed by atoms with Crippen LogP contribution in [-0.2, 0) is 6.54 Å². The fourth-order valence-electron chi connectivity index (χ4n) is 8.37. The average molecular weight is 584 g/mol. The molecule has 5 aliphatic rings. The van der Waals surface area contributed by atoms with Crippen LogP contribution in [-0.4, -0.2) is 59.5 Å². The van der Waals surface area contributed by atoms with E-state index in [9.17, 15) is 18.4 Å². The molecule has 1 aromatic carbocycles. The number of alkyl halides is 3. The molecule has 2 heterocycles. The molecule has 2 aromatic rings. The fourth-order valence-corrected chi connectivity index (χ4v) is 8.37. The number of likely N-dealkylation sites (tertiary alicyclic amines) is 1. The van der Waals surface area contributed by atoms with Crippen molar-refractivity contribution >= 4 is 11.8 Å². The summed E-state index contributed by atoms with van der Waals surface area (Å²) in [5, 5.41) is 20.3. The van der Waals surface area contributed by atoms with Gasteiger partial charge in [-0.2, -0.15) is 10.2 Å². The maximum absolute atomic E-state index is 12.8. The number of nitrogens with zero attached hydrogens (tertiary/aromatic N) is 4. The molecule has 226 valence electrons. The summed E-state index contributed by atoms with van der Waals surface area (Å²) in [6.07, 6.45) is 5.37. The first-order valence-electron chi connectivity index (χ1n) is 15.3. The Morgan fingerprint density at radius 3 is 2.52 bits per heavy atom. The van der Waals surface area contributed by atoms with E-state index in [-0.39, 0.29) is 23.7 Å². The molecule has 5 atom stereocenters. The van der Waals surface area contributed by atoms with Gasteiger partial charge in [-0.15, -0.1) is 13.2 Å². The first-order chi connectivity index (χ1) is 20.2. The van der Waals surface area contributed by atoms with Gasteiger partial charge < -0.3 is 25.6 Å². The van der Waals surface area contributed by atoms with Gasteiger partial charge in [0.2, 0.25) is 5.95 Å². The molecule has 42 heavy (non-hydrogen) atoms. The maximum atomic E-state index is 12.8. The van der Waals surface area contributed by atoms with Crippen molar-refractivity contribution in [2.24, 2.45) is 23.2 Å². The van der Waals surface area contributed by atoms with E-state index < -0.39 is 6.36 Å². The van der Waals surface area contributed by atoms with Crippen LogP contribution < -0.4 is 20.7 Å². The quantitative estimate of drug-likeness (QED) is 0.336. The number of para-hydroxylation sites is 1. The smallest absolute Gasteiger partial charge is 0.405 e. The zero-order valence-corrected chi connectivity index (χ0v) is 24.1. The Kier molecular flexibility index (Phi) is 8.20. The Hall–Kier alpha value is -3.10. The van der Waals surface area contributed by atoms with Crippen molar-refractivity contribution in [2.45, 2.75) is 76.9 Å². The Morgan fingerprint density at radius 1 is 1.10 bits per heavy atom. The van der Waals surface area contributed by atoms with Crippen molar-refractivity contribution in [3.05, 3.63) is 41.6 Å². The van der Waals surface area contributed by atoms with E-state index in [4.69, 9.17) is 0 Å². The Balaban J connectivity index is 1.09. The number of nitriles is 1. The van der Waals surface area contributed by atoms with E-state index in [2.05, 4.69) is 48.5 Å². The lowest BCUT2D eigenvalue weighted by atomic mass is 9.48. The van der Waals surface area contributed by atoms with Gasteiger partial charge in [0.05, 0.1) is 6.20 Å². The number of ether oxygens (including phenoxy) is 1. The minimum atomic E-state index is -4.78. The molecule has 0 amide bonds. The van der Waals surface area contributed by atoms with Crippen LogP contribution in [0.25, 0.3) is 0 Å². The van der Waals surface area contributed by atoms with Crippen LogP contribution in [0.3, 0.4) is 0 Å². The second kappa shape index (κ2) is 11.9. The van der Waals surface area contributed by atoms with Crippen molar-refractivity contribution in [3.8, 4) is 11.8 Å². The molecule has 4 saturated carbocycles. The Bertz CT molecular complexity index is 1270. The van der Waals surface area contributed by atoms with Crippen molar-refractivity contribution in [2.75, 3.05) is 36.8 Å². The van der Waals surface area contributed by atoms with Crippen LogP contribution in [0, 0.1) is 34.5 Å². The minimum absolute atomic E-state index is 0.0401. The van der Waals surface area contributed by atoms with E-state index in [1.54, 1.807) is 12.1 Å². The fraction of sp³-hybridized carbons (Fsp3) is 0.645. The second-order valence-corrected chi connectivity index (χ2v) is 12.8. The molecule has 1 saturated heterocycles. The lowest BCUT2D eigenvalue weighted by molar-refractivity contribution is -0.274. The molecule has 4 aliphatic carbocycles. The van der Waals surface area contributed by atoms with Crippen LogP contribution in [0.1, 0.15) is 63.0 Å². The third-order valence-corrected chi connectivity index (χ3v) is 10.0. The van der Waals surface area contributed by atoms with E-state index in [1.807, 2.05) is 0 Å². The van der Waals surface area contributed by atoms with E-state index in [0.29, 0.717) is 40.9 Å². The highest BCUT2D eigenvalue weighted by molar-refractivity contribution is 5.53. The molecule has 0 spiro atoms. The van der Waals surface area contributed by atoms with E-state index in [1.165, 1.54) is 76.4 Å². The molecule has 11 heteroatoms. The first kappa shape index (κ1) is 29.0. The number of nitrogens with one attached hydrogen (secondary N) is 3. The molecule has 1 aliphatic heterocycles. The van der Waals surface area contributed by atoms with Gasteiger partial charge in [-0.3, -0.25) is 0 Å². The van der Waals surface area contributed by atoms with Gasteiger partial charge in [0.25, 0.3) is 0 Å². The first-order valence-corrected chi connectivity index (χ1v) is 15.3. The maximum Gasteiger partial charge on any atom is 0.573 e.